The quantitative estimate of drug-likeness (QED) is 0.735. The fraction of sp³-hybridized carbons (Fsp3) is 0.429. The topological polar surface area (TPSA) is 70.2 Å². The second kappa shape index (κ2) is 7.41. The lowest BCUT2D eigenvalue weighted by Crippen LogP contribution is -2.31. The van der Waals surface area contributed by atoms with Gasteiger partial charge in [-0.05, 0) is 38.1 Å². The Labute approximate surface area is 113 Å². The standard InChI is InChI=1S/C14H21N3O2/c1-10(2)16-14(19)8-9-15-12-4-6-13(7-5-12)17-11(3)18/h4-7,10,15H,8-9H2,1-3H3,(H,16,19)(H,17,18). The van der Waals surface area contributed by atoms with Crippen LogP contribution in [0.25, 0.3) is 0 Å². The van der Waals surface area contributed by atoms with Crippen LogP contribution in [0.3, 0.4) is 0 Å². The van der Waals surface area contributed by atoms with Crippen LogP contribution in [-0.4, -0.2) is 24.4 Å². The Bertz CT molecular complexity index is 427. The zero-order chi connectivity index (χ0) is 14.3. The van der Waals surface area contributed by atoms with Crippen molar-refractivity contribution >= 4 is 23.2 Å². The number of carbonyl (C=O) groups is 2. The van der Waals surface area contributed by atoms with Crippen molar-refractivity contribution in [3.63, 3.8) is 0 Å². The summed E-state index contributed by atoms with van der Waals surface area (Å²) in [5.41, 5.74) is 1.68. The summed E-state index contributed by atoms with van der Waals surface area (Å²) in [6.07, 6.45) is 0.436. The summed E-state index contributed by atoms with van der Waals surface area (Å²) in [7, 11) is 0. The monoisotopic (exact) mass is 263 g/mol. The van der Waals surface area contributed by atoms with Gasteiger partial charge in [0.05, 0.1) is 0 Å². The van der Waals surface area contributed by atoms with Crippen molar-refractivity contribution in [3.8, 4) is 0 Å². The number of hydrogen-bond acceptors (Lipinski definition) is 3. The first-order valence-electron chi connectivity index (χ1n) is 6.38. The average molecular weight is 263 g/mol. The van der Waals surface area contributed by atoms with Crippen LogP contribution in [0, 0.1) is 0 Å². The summed E-state index contributed by atoms with van der Waals surface area (Å²) in [6.45, 7) is 5.93. The minimum absolute atomic E-state index is 0.0392. The van der Waals surface area contributed by atoms with Crippen LogP contribution >= 0.6 is 0 Å². The van der Waals surface area contributed by atoms with Gasteiger partial charge in [0, 0.05) is 37.3 Å². The van der Waals surface area contributed by atoms with E-state index in [2.05, 4.69) is 16.0 Å². The summed E-state index contributed by atoms with van der Waals surface area (Å²) >= 11 is 0. The van der Waals surface area contributed by atoms with Gasteiger partial charge in [-0.3, -0.25) is 9.59 Å². The number of hydrogen-bond donors (Lipinski definition) is 3. The molecule has 1 aromatic rings. The van der Waals surface area contributed by atoms with Gasteiger partial charge < -0.3 is 16.0 Å². The number of amides is 2. The third-order valence-electron chi connectivity index (χ3n) is 2.34. The van der Waals surface area contributed by atoms with E-state index in [1.165, 1.54) is 6.92 Å². The molecule has 0 unspecified atom stereocenters. The van der Waals surface area contributed by atoms with E-state index in [0.717, 1.165) is 11.4 Å². The van der Waals surface area contributed by atoms with E-state index in [9.17, 15) is 9.59 Å². The molecule has 3 N–H and O–H groups in total. The van der Waals surface area contributed by atoms with Crippen LogP contribution in [0.2, 0.25) is 0 Å². The van der Waals surface area contributed by atoms with Gasteiger partial charge in [0.2, 0.25) is 11.8 Å². The Hall–Kier alpha value is -2.04. The minimum atomic E-state index is -0.0916. The van der Waals surface area contributed by atoms with E-state index in [1.54, 1.807) is 0 Å². The van der Waals surface area contributed by atoms with Gasteiger partial charge in [0.1, 0.15) is 0 Å². The van der Waals surface area contributed by atoms with E-state index < -0.39 is 0 Å². The maximum atomic E-state index is 11.4. The Morgan fingerprint density at radius 3 is 2.21 bits per heavy atom. The van der Waals surface area contributed by atoms with Crippen molar-refractivity contribution in [2.24, 2.45) is 0 Å². The molecule has 0 saturated heterocycles. The highest BCUT2D eigenvalue weighted by Crippen LogP contribution is 2.13. The van der Waals surface area contributed by atoms with E-state index in [4.69, 9.17) is 0 Å². The zero-order valence-corrected chi connectivity index (χ0v) is 11.6. The number of carbonyl (C=O) groups excluding carboxylic acids is 2. The molecule has 0 aliphatic heterocycles. The van der Waals surface area contributed by atoms with Crippen LogP contribution in [0.5, 0.6) is 0 Å². The summed E-state index contributed by atoms with van der Waals surface area (Å²) in [4.78, 5) is 22.3. The Morgan fingerprint density at radius 1 is 1.11 bits per heavy atom. The lowest BCUT2D eigenvalue weighted by molar-refractivity contribution is -0.121. The third-order valence-corrected chi connectivity index (χ3v) is 2.34. The summed E-state index contributed by atoms with van der Waals surface area (Å²) in [6, 6.07) is 7.54. The third kappa shape index (κ3) is 6.45. The molecule has 0 spiro atoms. The lowest BCUT2D eigenvalue weighted by Gasteiger charge is -2.10. The summed E-state index contributed by atoms with van der Waals surface area (Å²) in [5, 5.41) is 8.69. The largest absolute Gasteiger partial charge is 0.385 e. The first kappa shape index (κ1) is 15.0. The fourth-order valence-corrected chi connectivity index (χ4v) is 1.59. The zero-order valence-electron chi connectivity index (χ0n) is 11.6. The van der Waals surface area contributed by atoms with Gasteiger partial charge in [0.25, 0.3) is 0 Å². The molecule has 0 heterocycles. The minimum Gasteiger partial charge on any atom is -0.385 e. The molecule has 19 heavy (non-hydrogen) atoms. The maximum Gasteiger partial charge on any atom is 0.221 e. The normalized spacial score (nSPS) is 10.1. The predicted molar refractivity (Wildman–Crippen MR) is 77.1 cm³/mol. The highest BCUT2D eigenvalue weighted by molar-refractivity contribution is 5.88. The predicted octanol–water partition coefficient (Wildman–Crippen LogP) is 1.97. The van der Waals surface area contributed by atoms with E-state index in [1.807, 2.05) is 38.1 Å². The fourth-order valence-electron chi connectivity index (χ4n) is 1.59. The lowest BCUT2D eigenvalue weighted by atomic mass is 10.2. The van der Waals surface area contributed by atoms with Crippen molar-refractivity contribution in [2.75, 3.05) is 17.2 Å². The van der Waals surface area contributed by atoms with Crippen molar-refractivity contribution in [1.29, 1.82) is 0 Å². The summed E-state index contributed by atoms with van der Waals surface area (Å²) in [5.74, 6) is -0.0524. The molecule has 0 aliphatic rings. The maximum absolute atomic E-state index is 11.4. The van der Waals surface area contributed by atoms with Crippen molar-refractivity contribution in [1.82, 2.24) is 5.32 Å². The Kier molecular flexibility index (Phi) is 5.85. The van der Waals surface area contributed by atoms with Gasteiger partial charge in [-0.25, -0.2) is 0 Å². The molecule has 5 nitrogen and oxygen atoms in total. The van der Waals surface area contributed by atoms with Crippen molar-refractivity contribution < 1.29 is 9.59 Å². The first-order chi connectivity index (χ1) is 8.97. The molecular formula is C14H21N3O2. The van der Waals surface area contributed by atoms with Crippen molar-refractivity contribution in [3.05, 3.63) is 24.3 Å². The van der Waals surface area contributed by atoms with Crippen molar-refractivity contribution in [2.45, 2.75) is 33.2 Å². The van der Waals surface area contributed by atoms with Gasteiger partial charge >= 0.3 is 0 Å². The average Bonchev–Trinajstić information content (AvgIpc) is 2.29. The molecule has 0 radical (unpaired) electrons. The van der Waals surface area contributed by atoms with Crippen LogP contribution in [-0.2, 0) is 9.59 Å². The second-order valence-electron chi connectivity index (χ2n) is 4.66. The first-order valence-corrected chi connectivity index (χ1v) is 6.38. The van der Waals surface area contributed by atoms with Gasteiger partial charge in [-0.15, -0.1) is 0 Å². The van der Waals surface area contributed by atoms with Gasteiger partial charge in [-0.1, -0.05) is 0 Å². The Balaban J connectivity index is 2.34. The molecule has 0 aliphatic carbocycles. The summed E-state index contributed by atoms with van der Waals surface area (Å²) < 4.78 is 0. The number of nitrogens with one attached hydrogen (secondary N) is 3. The van der Waals surface area contributed by atoms with Gasteiger partial charge in [-0.2, -0.15) is 0 Å². The van der Waals surface area contributed by atoms with Crippen LogP contribution in [0.15, 0.2) is 24.3 Å². The smallest absolute Gasteiger partial charge is 0.221 e. The van der Waals surface area contributed by atoms with Crippen LogP contribution in [0.4, 0.5) is 11.4 Å². The molecule has 0 fully saturated rings. The van der Waals surface area contributed by atoms with E-state index >= 15 is 0 Å². The number of anilines is 2. The molecule has 104 valence electrons. The SMILES string of the molecule is CC(=O)Nc1ccc(NCCC(=O)NC(C)C)cc1. The molecule has 0 aromatic heterocycles. The molecule has 2 amide bonds. The molecule has 0 atom stereocenters. The van der Waals surface area contributed by atoms with Crippen LogP contribution < -0.4 is 16.0 Å². The highest BCUT2D eigenvalue weighted by Gasteiger charge is 2.02. The molecule has 1 aromatic carbocycles. The van der Waals surface area contributed by atoms with E-state index in [-0.39, 0.29) is 17.9 Å². The number of benzene rings is 1. The molecule has 0 bridgehead atoms. The highest BCUT2D eigenvalue weighted by atomic mass is 16.2. The molecule has 0 saturated carbocycles. The van der Waals surface area contributed by atoms with Gasteiger partial charge in [0.15, 0.2) is 0 Å². The Morgan fingerprint density at radius 2 is 1.68 bits per heavy atom. The van der Waals surface area contributed by atoms with E-state index in [0.29, 0.717) is 13.0 Å². The second-order valence-corrected chi connectivity index (χ2v) is 4.66. The molecule has 5 heteroatoms. The molecular weight excluding hydrogens is 242 g/mol. The molecule has 1 rings (SSSR count). The number of rotatable bonds is 6. The van der Waals surface area contributed by atoms with Crippen LogP contribution in [0.1, 0.15) is 27.2 Å².